The van der Waals surface area contributed by atoms with Crippen molar-refractivity contribution in [1.82, 2.24) is 25.0 Å². The highest BCUT2D eigenvalue weighted by atomic mass is 32.3. The Morgan fingerprint density at radius 3 is 2.11 bits per heavy atom. The Morgan fingerprint density at radius 1 is 0.915 bits per heavy atom. The monoisotopic (exact) mass is 693 g/mol. The van der Waals surface area contributed by atoms with Gasteiger partial charge in [0.1, 0.15) is 6.61 Å². The molecule has 3 N–H and O–H groups in total. The van der Waals surface area contributed by atoms with E-state index in [0.717, 1.165) is 0 Å². The van der Waals surface area contributed by atoms with Gasteiger partial charge in [0, 0.05) is 31.5 Å². The number of hydroxylamine groups is 2. The molecule has 0 saturated carbocycles. The van der Waals surface area contributed by atoms with E-state index in [0.29, 0.717) is 55.6 Å². The molecule has 0 unspecified atom stereocenters. The van der Waals surface area contributed by atoms with E-state index in [-0.39, 0.29) is 31.1 Å². The van der Waals surface area contributed by atoms with Crippen LogP contribution in [0, 0.1) is 0 Å². The molecule has 47 heavy (non-hydrogen) atoms. The number of carbonyl (C=O) groups is 2. The van der Waals surface area contributed by atoms with Gasteiger partial charge in [-0.15, -0.1) is 4.28 Å². The number of aromatic nitrogens is 2. The van der Waals surface area contributed by atoms with Crippen LogP contribution in [0.3, 0.4) is 0 Å². The minimum absolute atomic E-state index is 0.0000541. The number of hydrogen-bond donors (Lipinski definition) is 3. The fourth-order valence-corrected chi connectivity index (χ4v) is 7.03. The molecule has 0 radical (unpaired) electrons. The highest BCUT2D eigenvalue weighted by molar-refractivity contribution is 7.80. The quantitative estimate of drug-likeness (QED) is 0.315. The largest absolute Gasteiger partial charge is 0.448 e. The van der Waals surface area contributed by atoms with Crippen LogP contribution in [0.5, 0.6) is 0 Å². The van der Waals surface area contributed by atoms with Gasteiger partial charge >= 0.3 is 32.9 Å². The number of ether oxygens (including phenoxy) is 1. The fraction of sp³-hybridized carbons (Fsp3) is 0.429. The predicted octanol–water partition coefficient (Wildman–Crippen LogP) is 3.22. The summed E-state index contributed by atoms with van der Waals surface area (Å²) in [6.45, 7) is 1.46. The molecule has 17 nitrogen and oxygen atoms in total. The molecule has 7 rings (SSSR count). The smallest absolute Gasteiger partial charge is 0.418 e. The zero-order valence-corrected chi connectivity index (χ0v) is 26.3. The molecule has 1 aromatic heterocycles. The van der Waals surface area contributed by atoms with Gasteiger partial charge in [0.2, 0.25) is 5.89 Å². The second-order valence-electron chi connectivity index (χ2n) is 11.5. The van der Waals surface area contributed by atoms with Crippen LogP contribution in [0.25, 0.3) is 11.1 Å². The first-order valence-electron chi connectivity index (χ1n) is 14.7. The van der Waals surface area contributed by atoms with Gasteiger partial charge < -0.3 is 19.1 Å². The van der Waals surface area contributed by atoms with Crippen molar-refractivity contribution in [3.63, 3.8) is 0 Å². The number of rotatable bonds is 6. The molecular weight excluding hydrogens is 662 g/mol. The zero-order chi connectivity index (χ0) is 33.5. The van der Waals surface area contributed by atoms with E-state index >= 15 is 0 Å². The van der Waals surface area contributed by atoms with Gasteiger partial charge in [-0.3, -0.25) is 13.7 Å². The van der Waals surface area contributed by atoms with E-state index in [1.165, 1.54) is 27.2 Å². The van der Waals surface area contributed by atoms with Crippen molar-refractivity contribution in [2.24, 2.45) is 0 Å². The molecule has 252 valence electrons. The summed E-state index contributed by atoms with van der Waals surface area (Å²) in [6.07, 6.45) is 1.84. The average molecular weight is 694 g/mol. The molecule has 2 aromatic carbocycles. The third-order valence-corrected chi connectivity index (χ3v) is 9.04. The predicted molar refractivity (Wildman–Crippen MR) is 159 cm³/mol. The van der Waals surface area contributed by atoms with Crippen LogP contribution in [-0.2, 0) is 29.8 Å². The first-order chi connectivity index (χ1) is 22.3. The molecule has 2 atom stereocenters. The molecule has 4 heterocycles. The fourth-order valence-electron chi connectivity index (χ4n) is 6.64. The summed E-state index contributed by atoms with van der Waals surface area (Å²) < 4.78 is 78.8. The summed E-state index contributed by atoms with van der Waals surface area (Å²) in [5.74, 6) is 0.732. The zero-order valence-electron chi connectivity index (χ0n) is 24.7. The molecule has 3 aromatic rings. The number of fused-ring (bicyclic) bond motifs is 5. The maximum absolute atomic E-state index is 13.0. The van der Waals surface area contributed by atoms with Crippen molar-refractivity contribution >= 4 is 32.9 Å². The molecule has 3 fully saturated rings. The normalized spacial score (nSPS) is 21.3. The Kier molecular flexibility index (Phi) is 8.94. The molecular formula is C28H31N5O12S2. The van der Waals surface area contributed by atoms with Crippen molar-refractivity contribution in [3.8, 4) is 11.1 Å². The third-order valence-electron chi connectivity index (χ3n) is 8.69. The Labute approximate surface area is 269 Å². The number of piperidine rings is 2. The summed E-state index contributed by atoms with van der Waals surface area (Å²) in [7, 11) is -9.49. The molecule has 1 aliphatic carbocycles. The van der Waals surface area contributed by atoms with Crippen molar-refractivity contribution in [2.75, 3.05) is 26.2 Å². The SMILES string of the molecule is O=C(OCC1c2ccccc2-c2ccccc21)N1CCC(c2nc([C@@H]3CC[C@@H]4CN3C(=O)N4OS(=O)(=O)O)no2)CC1.O=S(=O)(O)O. The standard InChI is InChI=1S/C28H29N5O8S.H2O4S/c34-27-32-15-18(33(27)41-42(36,37)38)9-10-24(32)25-29-26(40-30-25)17-11-13-31(14-12-17)28(35)39-16-23-21-7-3-1-5-19(21)20-6-2-4-8-22(20)23;1-5(2,3)4/h1-8,17-18,23-24H,9-16H2,(H,36,37,38);(H2,1,2,3,4)/t18-,24+;/m1./s1. The van der Waals surface area contributed by atoms with Crippen molar-refractivity contribution < 1.29 is 53.6 Å². The van der Waals surface area contributed by atoms with Crippen LogP contribution in [0.4, 0.5) is 9.59 Å². The Morgan fingerprint density at radius 2 is 1.51 bits per heavy atom. The van der Waals surface area contributed by atoms with E-state index in [4.69, 9.17) is 31.3 Å². The second-order valence-corrected chi connectivity index (χ2v) is 13.4. The molecule has 19 heteroatoms. The molecule has 3 saturated heterocycles. The summed E-state index contributed by atoms with van der Waals surface area (Å²) in [5, 5.41) is 4.81. The summed E-state index contributed by atoms with van der Waals surface area (Å²) in [5.41, 5.74) is 4.69. The number of amides is 3. The van der Waals surface area contributed by atoms with Gasteiger partial charge in [-0.05, 0) is 47.9 Å². The van der Waals surface area contributed by atoms with Crippen LogP contribution in [-0.4, -0.2) is 99.9 Å². The Balaban J connectivity index is 0.000000720. The molecule has 0 spiro atoms. The van der Waals surface area contributed by atoms with Gasteiger partial charge in [0.15, 0.2) is 5.82 Å². The van der Waals surface area contributed by atoms with Gasteiger partial charge in [-0.25, -0.2) is 9.59 Å². The van der Waals surface area contributed by atoms with Gasteiger partial charge in [0.05, 0.1) is 12.1 Å². The minimum Gasteiger partial charge on any atom is -0.448 e. The lowest BCUT2D eigenvalue weighted by molar-refractivity contribution is -0.0317. The number of nitrogens with zero attached hydrogens (tertiary/aromatic N) is 5. The van der Waals surface area contributed by atoms with Crippen LogP contribution in [0.15, 0.2) is 53.1 Å². The number of hydrogen-bond acceptors (Lipinski definition) is 11. The van der Waals surface area contributed by atoms with E-state index < -0.39 is 38.9 Å². The van der Waals surface area contributed by atoms with Crippen molar-refractivity contribution in [2.45, 2.75) is 49.6 Å². The second kappa shape index (κ2) is 12.8. The molecule has 3 aliphatic heterocycles. The lowest BCUT2D eigenvalue weighted by Gasteiger charge is -2.30. The highest BCUT2D eigenvalue weighted by Gasteiger charge is 2.49. The third kappa shape index (κ3) is 7.24. The Hall–Kier alpha value is -4.14. The van der Waals surface area contributed by atoms with Crippen molar-refractivity contribution in [1.29, 1.82) is 0 Å². The molecule has 2 bridgehead atoms. The Bertz CT molecular complexity index is 1820. The topological polar surface area (TPSA) is 230 Å². The first kappa shape index (κ1) is 32.8. The maximum atomic E-state index is 13.0. The number of carbonyl (C=O) groups excluding carboxylic acids is 2. The van der Waals surface area contributed by atoms with Crippen LogP contribution in [0.1, 0.15) is 66.4 Å². The average Bonchev–Trinajstić information content (AvgIpc) is 3.70. The van der Waals surface area contributed by atoms with Crippen molar-refractivity contribution in [3.05, 3.63) is 71.4 Å². The van der Waals surface area contributed by atoms with E-state index in [1.54, 1.807) is 4.90 Å². The summed E-state index contributed by atoms with van der Waals surface area (Å²) >= 11 is 0. The lowest BCUT2D eigenvalue weighted by Crippen LogP contribution is -2.38. The van der Waals surface area contributed by atoms with Gasteiger partial charge in [0.25, 0.3) is 0 Å². The maximum Gasteiger partial charge on any atom is 0.418 e. The number of likely N-dealkylation sites (tertiary alicyclic amines) is 1. The minimum atomic E-state index is -4.82. The summed E-state index contributed by atoms with van der Waals surface area (Å²) in [6, 6.07) is 14.8. The first-order valence-corrected chi connectivity index (χ1v) is 17.4. The van der Waals surface area contributed by atoms with Crippen LogP contribution >= 0.6 is 0 Å². The molecule has 3 amide bonds. The van der Waals surface area contributed by atoms with E-state index in [1.807, 2.05) is 24.3 Å². The summed E-state index contributed by atoms with van der Waals surface area (Å²) in [4.78, 5) is 33.4. The molecule has 4 aliphatic rings. The highest BCUT2D eigenvalue weighted by Crippen LogP contribution is 2.44. The lowest BCUT2D eigenvalue weighted by atomic mass is 9.96. The van der Waals surface area contributed by atoms with Gasteiger partial charge in [-0.1, -0.05) is 53.7 Å². The van der Waals surface area contributed by atoms with Crippen LogP contribution in [0.2, 0.25) is 0 Å². The number of urea groups is 1. The number of benzene rings is 2. The van der Waals surface area contributed by atoms with E-state index in [2.05, 4.69) is 38.7 Å². The van der Waals surface area contributed by atoms with Gasteiger partial charge in [-0.2, -0.15) is 26.9 Å². The van der Waals surface area contributed by atoms with Crippen LogP contribution < -0.4 is 0 Å². The van der Waals surface area contributed by atoms with E-state index in [9.17, 15) is 18.0 Å².